The van der Waals surface area contributed by atoms with Gasteiger partial charge in [-0.25, -0.2) is 4.79 Å². The average molecular weight is 262 g/mol. The van der Waals surface area contributed by atoms with E-state index in [1.807, 2.05) is 6.08 Å². The molecule has 1 aliphatic rings. The van der Waals surface area contributed by atoms with E-state index in [-0.39, 0.29) is 23.7 Å². The number of aromatic carboxylic acids is 1. The van der Waals surface area contributed by atoms with Crippen molar-refractivity contribution in [1.29, 1.82) is 0 Å². The molecule has 0 saturated heterocycles. The Labute approximate surface area is 110 Å². The summed E-state index contributed by atoms with van der Waals surface area (Å²) in [4.78, 5) is 21.5. The van der Waals surface area contributed by atoms with E-state index in [0.717, 1.165) is 0 Å². The summed E-state index contributed by atoms with van der Waals surface area (Å²) in [7, 11) is 0. The topological polar surface area (TPSA) is 72.8 Å². The number of hydrogen-bond donors (Lipinski definition) is 1. The highest BCUT2D eigenvalue weighted by atomic mass is 16.5. The van der Waals surface area contributed by atoms with Crippen LogP contribution in [-0.4, -0.2) is 29.3 Å². The Morgan fingerprint density at radius 2 is 1.79 bits per heavy atom. The van der Waals surface area contributed by atoms with Crippen molar-refractivity contribution in [1.82, 2.24) is 0 Å². The van der Waals surface area contributed by atoms with Crippen molar-refractivity contribution >= 4 is 11.9 Å². The van der Waals surface area contributed by atoms with E-state index in [1.54, 1.807) is 18.2 Å². The molecule has 2 atom stereocenters. The molecule has 0 fully saturated rings. The molecule has 0 aromatic heterocycles. The molecule has 1 aromatic carbocycles. The predicted molar refractivity (Wildman–Crippen MR) is 67.1 cm³/mol. The second-order valence-corrected chi connectivity index (χ2v) is 4.25. The van der Waals surface area contributed by atoms with Crippen LogP contribution in [0.5, 0.6) is 5.75 Å². The highest BCUT2D eigenvalue weighted by Crippen LogP contribution is 2.21. The fraction of sp³-hybridized carbons (Fsp3) is 0.286. The Morgan fingerprint density at radius 3 is 2.37 bits per heavy atom. The molecule has 5 heteroatoms. The van der Waals surface area contributed by atoms with Crippen LogP contribution >= 0.6 is 0 Å². The largest absolute Gasteiger partial charge is 0.486 e. The van der Waals surface area contributed by atoms with E-state index < -0.39 is 5.97 Å². The summed E-state index contributed by atoms with van der Waals surface area (Å²) in [6.45, 7) is 1.37. The standard InChI is InChI=1S/C14H14O5/c1-9(15)18-12-6-7-13(8-12)19-11-4-2-10(3-5-11)14(16)17/h2-7,12-13H,8H2,1H3,(H,16,17)/t12-,13-/m1/s1. The monoisotopic (exact) mass is 262 g/mol. The zero-order chi connectivity index (χ0) is 13.8. The number of carbonyl (C=O) groups excluding carboxylic acids is 1. The number of ether oxygens (including phenoxy) is 2. The molecule has 0 heterocycles. The number of rotatable bonds is 4. The molecule has 0 saturated carbocycles. The van der Waals surface area contributed by atoms with Crippen molar-refractivity contribution < 1.29 is 24.2 Å². The highest BCUT2D eigenvalue weighted by molar-refractivity contribution is 5.87. The molecule has 0 spiro atoms. The van der Waals surface area contributed by atoms with Crippen LogP contribution in [0.15, 0.2) is 36.4 Å². The van der Waals surface area contributed by atoms with E-state index in [2.05, 4.69) is 0 Å². The van der Waals surface area contributed by atoms with Crippen LogP contribution < -0.4 is 4.74 Å². The molecule has 19 heavy (non-hydrogen) atoms. The number of carboxylic acid groups (broad SMARTS) is 1. The second-order valence-electron chi connectivity index (χ2n) is 4.25. The van der Waals surface area contributed by atoms with Gasteiger partial charge in [0.15, 0.2) is 0 Å². The number of carboxylic acids is 1. The minimum absolute atomic E-state index is 0.167. The number of esters is 1. The molecule has 5 nitrogen and oxygen atoms in total. The van der Waals surface area contributed by atoms with Gasteiger partial charge in [-0.15, -0.1) is 0 Å². The molecule has 1 aromatic rings. The predicted octanol–water partition coefficient (Wildman–Crippen LogP) is 2.02. The SMILES string of the molecule is CC(=O)O[C@@H]1C=C[C@@H](Oc2ccc(C(=O)O)cc2)C1. The van der Waals surface area contributed by atoms with E-state index in [1.165, 1.54) is 19.1 Å². The Balaban J connectivity index is 1.91. The Bertz CT molecular complexity index is 503. The van der Waals surface area contributed by atoms with Gasteiger partial charge in [0, 0.05) is 13.3 Å². The van der Waals surface area contributed by atoms with Crippen molar-refractivity contribution in [2.45, 2.75) is 25.6 Å². The van der Waals surface area contributed by atoms with Gasteiger partial charge >= 0.3 is 11.9 Å². The Kier molecular flexibility index (Phi) is 3.85. The fourth-order valence-electron chi connectivity index (χ4n) is 1.87. The lowest BCUT2D eigenvalue weighted by atomic mass is 10.2. The van der Waals surface area contributed by atoms with Crippen LogP contribution in [0, 0.1) is 0 Å². The lowest BCUT2D eigenvalue weighted by Gasteiger charge is -2.14. The maximum absolute atomic E-state index is 10.8. The smallest absolute Gasteiger partial charge is 0.335 e. The Morgan fingerprint density at radius 1 is 1.16 bits per heavy atom. The third-order valence-electron chi connectivity index (χ3n) is 2.71. The van der Waals surface area contributed by atoms with Crippen LogP contribution in [0.1, 0.15) is 23.7 Å². The summed E-state index contributed by atoms with van der Waals surface area (Å²) < 4.78 is 10.7. The third-order valence-corrected chi connectivity index (χ3v) is 2.71. The normalized spacial score (nSPS) is 21.1. The first-order chi connectivity index (χ1) is 9.04. The first-order valence-corrected chi connectivity index (χ1v) is 5.90. The molecule has 0 bridgehead atoms. The van der Waals surface area contributed by atoms with Gasteiger partial charge in [0.2, 0.25) is 0 Å². The third kappa shape index (κ3) is 3.58. The lowest BCUT2D eigenvalue weighted by molar-refractivity contribution is -0.144. The van der Waals surface area contributed by atoms with E-state index >= 15 is 0 Å². The molecule has 1 aliphatic carbocycles. The zero-order valence-electron chi connectivity index (χ0n) is 10.4. The fourth-order valence-corrected chi connectivity index (χ4v) is 1.87. The summed E-state index contributed by atoms with van der Waals surface area (Å²) >= 11 is 0. The van der Waals surface area contributed by atoms with Crippen molar-refractivity contribution in [2.24, 2.45) is 0 Å². The van der Waals surface area contributed by atoms with Crippen molar-refractivity contribution in [3.8, 4) is 5.75 Å². The number of hydrogen-bond acceptors (Lipinski definition) is 4. The maximum atomic E-state index is 10.8. The lowest BCUT2D eigenvalue weighted by Crippen LogP contribution is -2.18. The molecule has 1 N–H and O–H groups in total. The second kappa shape index (κ2) is 5.56. The van der Waals surface area contributed by atoms with Gasteiger partial charge < -0.3 is 14.6 Å². The molecule has 0 aliphatic heterocycles. The van der Waals surface area contributed by atoms with Gasteiger partial charge in [0.1, 0.15) is 18.0 Å². The summed E-state index contributed by atoms with van der Waals surface area (Å²) in [5.41, 5.74) is 0.215. The average Bonchev–Trinajstić information content (AvgIpc) is 2.76. The summed E-state index contributed by atoms with van der Waals surface area (Å²) in [5, 5.41) is 8.78. The molecular weight excluding hydrogens is 248 g/mol. The minimum atomic E-state index is -0.970. The first-order valence-electron chi connectivity index (χ1n) is 5.90. The van der Waals surface area contributed by atoms with Crippen LogP contribution in [0.2, 0.25) is 0 Å². The van der Waals surface area contributed by atoms with Crippen LogP contribution in [0.4, 0.5) is 0 Å². The van der Waals surface area contributed by atoms with Gasteiger partial charge in [-0.1, -0.05) is 0 Å². The zero-order valence-corrected chi connectivity index (χ0v) is 10.4. The van der Waals surface area contributed by atoms with E-state index in [9.17, 15) is 9.59 Å². The van der Waals surface area contributed by atoms with Gasteiger partial charge in [0.25, 0.3) is 0 Å². The quantitative estimate of drug-likeness (QED) is 0.664. The van der Waals surface area contributed by atoms with Crippen LogP contribution in [0.3, 0.4) is 0 Å². The molecule has 0 amide bonds. The van der Waals surface area contributed by atoms with E-state index in [0.29, 0.717) is 12.2 Å². The molecule has 2 rings (SSSR count). The van der Waals surface area contributed by atoms with Gasteiger partial charge in [0.05, 0.1) is 5.56 Å². The molecular formula is C14H14O5. The van der Waals surface area contributed by atoms with Gasteiger partial charge in [-0.2, -0.15) is 0 Å². The minimum Gasteiger partial charge on any atom is -0.486 e. The first kappa shape index (κ1) is 13.1. The van der Waals surface area contributed by atoms with Crippen molar-refractivity contribution in [3.63, 3.8) is 0 Å². The summed E-state index contributed by atoms with van der Waals surface area (Å²) in [6, 6.07) is 6.19. The van der Waals surface area contributed by atoms with Gasteiger partial charge in [-0.05, 0) is 36.4 Å². The number of benzene rings is 1. The van der Waals surface area contributed by atoms with Crippen molar-refractivity contribution in [3.05, 3.63) is 42.0 Å². The van der Waals surface area contributed by atoms with Crippen LogP contribution in [0.25, 0.3) is 0 Å². The van der Waals surface area contributed by atoms with Crippen LogP contribution in [-0.2, 0) is 9.53 Å². The summed E-state index contributed by atoms with van der Waals surface area (Å²) in [5.74, 6) is -0.702. The molecule has 100 valence electrons. The number of carbonyl (C=O) groups is 2. The van der Waals surface area contributed by atoms with Crippen molar-refractivity contribution in [2.75, 3.05) is 0 Å². The Hall–Kier alpha value is -2.30. The molecule has 0 unspecified atom stereocenters. The van der Waals surface area contributed by atoms with Gasteiger partial charge in [-0.3, -0.25) is 4.79 Å². The molecule has 0 radical (unpaired) electrons. The summed E-state index contributed by atoms with van der Waals surface area (Å²) in [6.07, 6.45) is 3.78. The maximum Gasteiger partial charge on any atom is 0.335 e. The van der Waals surface area contributed by atoms with E-state index in [4.69, 9.17) is 14.6 Å². The highest BCUT2D eigenvalue weighted by Gasteiger charge is 2.22.